The molecule has 0 N–H and O–H groups in total. The Morgan fingerprint density at radius 1 is 0.327 bits per heavy atom. The molecular formula is C53H35NO. The van der Waals surface area contributed by atoms with Gasteiger partial charge in [-0.3, -0.25) is 0 Å². The van der Waals surface area contributed by atoms with Gasteiger partial charge in [-0.25, -0.2) is 0 Å². The van der Waals surface area contributed by atoms with Crippen LogP contribution in [-0.2, 0) is 5.41 Å². The zero-order chi connectivity index (χ0) is 36.3. The SMILES string of the molecule is c1ccc(-c2ccc(N(c3ccc4c(c3)-c3ccccc3C43c4ccccc4Oc4cc5ccccc5cc43)c3ccccc3-c3ccccc3)cc2)cc1. The summed E-state index contributed by atoms with van der Waals surface area (Å²) in [6, 6.07) is 76.9. The molecule has 1 atom stereocenters. The molecule has 0 saturated heterocycles. The second kappa shape index (κ2) is 12.5. The molecule has 11 rings (SSSR count). The van der Waals surface area contributed by atoms with Crippen LogP contribution in [0.15, 0.2) is 212 Å². The third kappa shape index (κ3) is 4.82. The lowest BCUT2D eigenvalue weighted by Gasteiger charge is -2.39. The highest BCUT2D eigenvalue weighted by atomic mass is 16.5. The van der Waals surface area contributed by atoms with Crippen LogP contribution in [0.25, 0.3) is 44.2 Å². The van der Waals surface area contributed by atoms with Crippen LogP contribution in [0.5, 0.6) is 11.5 Å². The van der Waals surface area contributed by atoms with Crippen molar-refractivity contribution in [1.29, 1.82) is 0 Å². The van der Waals surface area contributed by atoms with Crippen LogP contribution in [0.2, 0.25) is 0 Å². The summed E-state index contributed by atoms with van der Waals surface area (Å²) in [7, 11) is 0. The largest absolute Gasteiger partial charge is 0.457 e. The minimum absolute atomic E-state index is 0.553. The molecule has 9 aromatic carbocycles. The van der Waals surface area contributed by atoms with Crippen molar-refractivity contribution in [1.82, 2.24) is 0 Å². The molecule has 55 heavy (non-hydrogen) atoms. The lowest BCUT2D eigenvalue weighted by atomic mass is 9.66. The zero-order valence-corrected chi connectivity index (χ0v) is 30.1. The number of rotatable bonds is 5. The molecule has 2 aliphatic rings. The van der Waals surface area contributed by atoms with E-state index in [4.69, 9.17) is 4.74 Å². The van der Waals surface area contributed by atoms with Crippen LogP contribution in [-0.4, -0.2) is 0 Å². The number of nitrogens with zero attached hydrogens (tertiary/aromatic N) is 1. The Labute approximate surface area is 321 Å². The number of anilines is 3. The van der Waals surface area contributed by atoms with Gasteiger partial charge in [-0.15, -0.1) is 0 Å². The number of fused-ring (bicyclic) bond motifs is 10. The molecule has 0 saturated carbocycles. The van der Waals surface area contributed by atoms with Crippen molar-refractivity contribution < 1.29 is 4.74 Å². The first-order valence-corrected chi connectivity index (χ1v) is 18.9. The summed E-state index contributed by atoms with van der Waals surface area (Å²) in [5.74, 6) is 1.80. The topological polar surface area (TPSA) is 12.5 Å². The summed E-state index contributed by atoms with van der Waals surface area (Å²) < 4.78 is 6.77. The summed E-state index contributed by atoms with van der Waals surface area (Å²) in [6.07, 6.45) is 0. The van der Waals surface area contributed by atoms with Crippen molar-refractivity contribution >= 4 is 27.8 Å². The minimum Gasteiger partial charge on any atom is -0.457 e. The quantitative estimate of drug-likeness (QED) is 0.177. The lowest BCUT2D eigenvalue weighted by Crippen LogP contribution is -2.32. The van der Waals surface area contributed by atoms with E-state index in [0.29, 0.717) is 0 Å². The first-order chi connectivity index (χ1) is 27.3. The lowest BCUT2D eigenvalue weighted by molar-refractivity contribution is 0.437. The summed E-state index contributed by atoms with van der Waals surface area (Å²) in [4.78, 5) is 2.42. The molecule has 0 amide bonds. The van der Waals surface area contributed by atoms with Crippen molar-refractivity contribution in [3.63, 3.8) is 0 Å². The predicted octanol–water partition coefficient (Wildman–Crippen LogP) is 14.1. The third-order valence-electron chi connectivity index (χ3n) is 11.5. The summed E-state index contributed by atoms with van der Waals surface area (Å²) in [5, 5.41) is 2.37. The fourth-order valence-electron chi connectivity index (χ4n) is 9.11. The zero-order valence-electron chi connectivity index (χ0n) is 30.1. The highest BCUT2D eigenvalue weighted by Crippen LogP contribution is 2.63. The Bertz CT molecular complexity index is 2900. The molecule has 0 aromatic heterocycles. The molecule has 2 nitrogen and oxygen atoms in total. The Morgan fingerprint density at radius 3 is 1.67 bits per heavy atom. The molecule has 0 radical (unpaired) electrons. The van der Waals surface area contributed by atoms with E-state index in [1.54, 1.807) is 0 Å². The van der Waals surface area contributed by atoms with Gasteiger partial charge in [-0.05, 0) is 98.2 Å². The monoisotopic (exact) mass is 701 g/mol. The van der Waals surface area contributed by atoms with E-state index in [9.17, 15) is 0 Å². The molecule has 258 valence electrons. The van der Waals surface area contributed by atoms with Crippen molar-refractivity contribution in [2.75, 3.05) is 4.90 Å². The van der Waals surface area contributed by atoms with Gasteiger partial charge in [-0.1, -0.05) is 164 Å². The van der Waals surface area contributed by atoms with Gasteiger partial charge in [0.2, 0.25) is 0 Å². The Kier molecular flexibility index (Phi) is 7.11. The maximum absolute atomic E-state index is 6.77. The van der Waals surface area contributed by atoms with E-state index in [2.05, 4.69) is 217 Å². The Morgan fingerprint density at radius 2 is 0.891 bits per heavy atom. The van der Waals surface area contributed by atoms with Gasteiger partial charge in [0.25, 0.3) is 0 Å². The highest BCUT2D eigenvalue weighted by Gasteiger charge is 2.51. The van der Waals surface area contributed by atoms with Crippen LogP contribution < -0.4 is 9.64 Å². The highest BCUT2D eigenvalue weighted by molar-refractivity contribution is 5.96. The molecule has 9 aromatic rings. The van der Waals surface area contributed by atoms with E-state index in [1.165, 1.54) is 66.4 Å². The van der Waals surface area contributed by atoms with Gasteiger partial charge in [0.05, 0.1) is 11.1 Å². The van der Waals surface area contributed by atoms with Crippen molar-refractivity contribution in [2.24, 2.45) is 0 Å². The molecular weight excluding hydrogens is 667 g/mol. The molecule has 1 aliphatic heterocycles. The van der Waals surface area contributed by atoms with Crippen molar-refractivity contribution in [2.45, 2.75) is 5.41 Å². The van der Waals surface area contributed by atoms with Gasteiger partial charge in [0, 0.05) is 28.1 Å². The minimum atomic E-state index is -0.553. The molecule has 2 heteroatoms. The second-order valence-electron chi connectivity index (χ2n) is 14.5. The first-order valence-electron chi connectivity index (χ1n) is 18.9. The number of para-hydroxylation sites is 2. The molecule has 1 unspecified atom stereocenters. The van der Waals surface area contributed by atoms with Gasteiger partial charge in [-0.2, -0.15) is 0 Å². The number of hydrogen-bond acceptors (Lipinski definition) is 2. The summed E-state index contributed by atoms with van der Waals surface area (Å²) in [5.41, 5.74) is 14.9. The van der Waals surface area contributed by atoms with Crippen LogP contribution in [0.3, 0.4) is 0 Å². The van der Waals surface area contributed by atoms with E-state index in [0.717, 1.165) is 28.6 Å². The maximum atomic E-state index is 6.77. The average Bonchev–Trinajstić information content (AvgIpc) is 3.54. The molecule has 1 spiro atoms. The van der Waals surface area contributed by atoms with Crippen molar-refractivity contribution in [3.8, 4) is 44.9 Å². The van der Waals surface area contributed by atoms with E-state index in [-0.39, 0.29) is 0 Å². The van der Waals surface area contributed by atoms with E-state index >= 15 is 0 Å². The predicted molar refractivity (Wildman–Crippen MR) is 227 cm³/mol. The van der Waals surface area contributed by atoms with Crippen molar-refractivity contribution in [3.05, 3.63) is 235 Å². The van der Waals surface area contributed by atoms with Gasteiger partial charge in [0.15, 0.2) is 0 Å². The molecule has 0 fully saturated rings. The molecule has 1 heterocycles. The fourth-order valence-corrected chi connectivity index (χ4v) is 9.11. The standard InChI is InChI=1S/C53H35NO/c1-3-15-36(16-4-1)37-27-29-41(30-28-37)54(50-25-13-10-21-43(50)38-17-5-2-6-18-38)42-31-32-47-45(35-42)44-22-9-11-23-46(44)53(47)48-24-12-14-26-51(48)55-52-34-40-20-8-7-19-39(40)33-49(52)53/h1-35H. The Hall–Kier alpha value is -7.16. The smallest absolute Gasteiger partial charge is 0.132 e. The third-order valence-corrected chi connectivity index (χ3v) is 11.5. The average molecular weight is 702 g/mol. The second-order valence-corrected chi connectivity index (χ2v) is 14.5. The number of ether oxygens (including phenoxy) is 1. The van der Waals surface area contributed by atoms with E-state index in [1.807, 2.05) is 0 Å². The van der Waals surface area contributed by atoms with Crippen LogP contribution in [0.1, 0.15) is 22.3 Å². The Balaban J connectivity index is 1.16. The molecule has 0 bridgehead atoms. The van der Waals surface area contributed by atoms with Crippen LogP contribution in [0, 0.1) is 0 Å². The summed E-state index contributed by atoms with van der Waals surface area (Å²) in [6.45, 7) is 0. The summed E-state index contributed by atoms with van der Waals surface area (Å²) >= 11 is 0. The van der Waals surface area contributed by atoms with E-state index < -0.39 is 5.41 Å². The van der Waals surface area contributed by atoms with Gasteiger partial charge >= 0.3 is 0 Å². The maximum Gasteiger partial charge on any atom is 0.132 e. The van der Waals surface area contributed by atoms with Gasteiger partial charge in [0.1, 0.15) is 11.5 Å². The van der Waals surface area contributed by atoms with Gasteiger partial charge < -0.3 is 9.64 Å². The number of benzene rings is 9. The first kappa shape index (κ1) is 31.4. The van der Waals surface area contributed by atoms with Crippen LogP contribution >= 0.6 is 0 Å². The fraction of sp³-hybridized carbons (Fsp3) is 0.0189. The van der Waals surface area contributed by atoms with Crippen LogP contribution in [0.4, 0.5) is 17.1 Å². The molecule has 1 aliphatic carbocycles. The number of hydrogen-bond donors (Lipinski definition) is 0. The normalized spacial score (nSPS) is 14.8.